The first-order valence-corrected chi connectivity index (χ1v) is 8.66. The van der Waals surface area contributed by atoms with Crippen molar-refractivity contribution in [3.8, 4) is 0 Å². The Kier molecular flexibility index (Phi) is 5.37. The molecular formula is C13H16ClF3N2O2S. The molecule has 1 fully saturated rings. The van der Waals surface area contributed by atoms with Gasteiger partial charge in [0.05, 0.1) is 10.5 Å². The summed E-state index contributed by atoms with van der Waals surface area (Å²) < 4.78 is 66.1. The molecule has 2 rings (SSSR count). The first-order valence-electron chi connectivity index (χ1n) is 6.80. The zero-order valence-electron chi connectivity index (χ0n) is 11.6. The third-order valence-electron chi connectivity index (χ3n) is 3.41. The molecule has 22 heavy (non-hydrogen) atoms. The van der Waals surface area contributed by atoms with Crippen molar-refractivity contribution in [3.63, 3.8) is 0 Å². The van der Waals surface area contributed by atoms with Crippen LogP contribution < -0.4 is 10.0 Å². The molecule has 1 heterocycles. The van der Waals surface area contributed by atoms with Gasteiger partial charge in [0, 0.05) is 17.6 Å². The molecule has 1 aromatic carbocycles. The van der Waals surface area contributed by atoms with Gasteiger partial charge >= 0.3 is 6.18 Å². The fourth-order valence-corrected chi connectivity index (χ4v) is 4.01. The molecule has 9 heteroatoms. The number of rotatable bonds is 3. The zero-order chi connectivity index (χ0) is 16.4. The monoisotopic (exact) mass is 356 g/mol. The van der Waals surface area contributed by atoms with Crippen LogP contribution in [0.2, 0.25) is 5.02 Å². The molecule has 1 atom stereocenters. The van der Waals surface area contributed by atoms with Crippen LogP contribution in [-0.4, -0.2) is 27.5 Å². The number of hydrogen-bond acceptors (Lipinski definition) is 3. The number of halogens is 4. The molecule has 1 saturated heterocycles. The molecule has 1 aromatic rings. The zero-order valence-corrected chi connectivity index (χ0v) is 13.2. The van der Waals surface area contributed by atoms with E-state index < -0.39 is 32.7 Å². The van der Waals surface area contributed by atoms with Crippen LogP contribution in [0.25, 0.3) is 0 Å². The maximum absolute atomic E-state index is 13.0. The van der Waals surface area contributed by atoms with Crippen molar-refractivity contribution in [3.05, 3.63) is 28.8 Å². The van der Waals surface area contributed by atoms with Gasteiger partial charge in [-0.05, 0) is 37.6 Å². The highest BCUT2D eigenvalue weighted by Gasteiger charge is 2.38. The maximum atomic E-state index is 13.0. The van der Waals surface area contributed by atoms with Crippen molar-refractivity contribution >= 4 is 21.6 Å². The highest BCUT2D eigenvalue weighted by Crippen LogP contribution is 2.35. The third-order valence-corrected chi connectivity index (χ3v) is 5.22. The average Bonchev–Trinajstić information content (AvgIpc) is 2.65. The summed E-state index contributed by atoms with van der Waals surface area (Å²) in [6.45, 7) is 1.17. The van der Waals surface area contributed by atoms with Gasteiger partial charge in [0.25, 0.3) is 0 Å². The standard InChI is InChI=1S/C13H16ClF3N2O2S/c14-9-4-5-12(11(7-9)13(15,16)17)22(20,21)19-10-3-1-2-6-18-8-10/h4-5,7,10,18-19H,1-3,6,8H2. The van der Waals surface area contributed by atoms with E-state index in [1.165, 1.54) is 0 Å². The fraction of sp³-hybridized carbons (Fsp3) is 0.538. The SMILES string of the molecule is O=S(=O)(NC1CCCCNC1)c1ccc(Cl)cc1C(F)(F)F. The Morgan fingerprint density at radius 3 is 2.68 bits per heavy atom. The Hall–Kier alpha value is -0.830. The summed E-state index contributed by atoms with van der Waals surface area (Å²) in [6, 6.07) is 2.22. The molecule has 0 aromatic heterocycles. The normalized spacial score (nSPS) is 20.6. The summed E-state index contributed by atoms with van der Waals surface area (Å²) in [5.74, 6) is 0. The van der Waals surface area contributed by atoms with Crippen molar-refractivity contribution in [2.24, 2.45) is 0 Å². The van der Waals surface area contributed by atoms with Crippen molar-refractivity contribution in [1.82, 2.24) is 10.0 Å². The second-order valence-electron chi connectivity index (χ2n) is 5.16. The molecule has 0 aliphatic carbocycles. The molecule has 0 saturated carbocycles. The van der Waals surface area contributed by atoms with Crippen LogP contribution in [0.4, 0.5) is 13.2 Å². The highest BCUT2D eigenvalue weighted by atomic mass is 35.5. The van der Waals surface area contributed by atoms with Crippen LogP contribution in [0.3, 0.4) is 0 Å². The van der Waals surface area contributed by atoms with Crippen molar-refractivity contribution in [2.75, 3.05) is 13.1 Å². The van der Waals surface area contributed by atoms with Gasteiger partial charge in [0.1, 0.15) is 0 Å². The molecule has 2 N–H and O–H groups in total. The molecule has 0 amide bonds. The predicted molar refractivity (Wildman–Crippen MR) is 77.3 cm³/mol. The Bertz CT molecular complexity index is 627. The van der Waals surface area contributed by atoms with Gasteiger partial charge in [-0.3, -0.25) is 0 Å². The number of hydrogen-bond donors (Lipinski definition) is 2. The Balaban J connectivity index is 2.33. The molecule has 4 nitrogen and oxygen atoms in total. The van der Waals surface area contributed by atoms with Gasteiger partial charge in [-0.2, -0.15) is 13.2 Å². The Morgan fingerprint density at radius 2 is 2.00 bits per heavy atom. The van der Waals surface area contributed by atoms with Crippen LogP contribution in [0.5, 0.6) is 0 Å². The van der Waals surface area contributed by atoms with Crippen molar-refractivity contribution in [1.29, 1.82) is 0 Å². The minimum Gasteiger partial charge on any atom is -0.315 e. The largest absolute Gasteiger partial charge is 0.417 e. The minimum absolute atomic E-state index is 0.164. The molecule has 1 aliphatic heterocycles. The van der Waals surface area contributed by atoms with E-state index in [0.717, 1.165) is 31.5 Å². The number of sulfonamides is 1. The second-order valence-corrected chi connectivity index (χ2v) is 7.28. The topological polar surface area (TPSA) is 58.2 Å². The second kappa shape index (κ2) is 6.74. The van der Waals surface area contributed by atoms with E-state index in [1.54, 1.807) is 0 Å². The predicted octanol–water partition coefficient (Wildman–Crippen LogP) is 2.78. The lowest BCUT2D eigenvalue weighted by Gasteiger charge is -2.19. The van der Waals surface area contributed by atoms with E-state index in [1.807, 2.05) is 0 Å². The first kappa shape index (κ1) is 17.5. The summed E-state index contributed by atoms with van der Waals surface area (Å²) in [7, 11) is -4.28. The van der Waals surface area contributed by atoms with Crippen molar-refractivity contribution < 1.29 is 21.6 Å². The summed E-state index contributed by atoms with van der Waals surface area (Å²) in [4.78, 5) is -0.798. The maximum Gasteiger partial charge on any atom is 0.417 e. The van der Waals surface area contributed by atoms with Crippen molar-refractivity contribution in [2.45, 2.75) is 36.4 Å². The van der Waals surface area contributed by atoms with E-state index in [-0.39, 0.29) is 5.02 Å². The lowest BCUT2D eigenvalue weighted by Crippen LogP contribution is -2.41. The highest BCUT2D eigenvalue weighted by molar-refractivity contribution is 7.89. The number of nitrogens with one attached hydrogen (secondary N) is 2. The van der Waals surface area contributed by atoms with Gasteiger partial charge in [-0.1, -0.05) is 18.0 Å². The van der Waals surface area contributed by atoms with E-state index in [2.05, 4.69) is 10.0 Å². The Morgan fingerprint density at radius 1 is 1.27 bits per heavy atom. The van der Waals surface area contributed by atoms with Gasteiger partial charge in [0.15, 0.2) is 0 Å². The lowest BCUT2D eigenvalue weighted by atomic mass is 10.2. The van der Waals surface area contributed by atoms with Crippen LogP contribution in [-0.2, 0) is 16.2 Å². The van der Waals surface area contributed by atoms with Gasteiger partial charge in [-0.15, -0.1) is 0 Å². The molecule has 0 spiro atoms. The quantitative estimate of drug-likeness (QED) is 0.875. The summed E-state index contributed by atoms with van der Waals surface area (Å²) in [5, 5.41) is 2.89. The van der Waals surface area contributed by atoms with Crippen LogP contribution in [0, 0.1) is 0 Å². The summed E-state index contributed by atoms with van der Waals surface area (Å²) in [6.07, 6.45) is -2.49. The number of benzene rings is 1. The number of alkyl halides is 3. The smallest absolute Gasteiger partial charge is 0.315 e. The van der Waals surface area contributed by atoms with E-state index in [0.29, 0.717) is 19.0 Å². The molecule has 124 valence electrons. The van der Waals surface area contributed by atoms with E-state index in [9.17, 15) is 21.6 Å². The van der Waals surface area contributed by atoms with Gasteiger partial charge in [-0.25, -0.2) is 13.1 Å². The third kappa shape index (κ3) is 4.34. The fourth-order valence-electron chi connectivity index (χ4n) is 2.36. The van der Waals surface area contributed by atoms with Crippen LogP contribution in [0.1, 0.15) is 24.8 Å². The first-order chi connectivity index (χ1) is 10.2. The van der Waals surface area contributed by atoms with Crippen LogP contribution in [0.15, 0.2) is 23.1 Å². The van der Waals surface area contributed by atoms with E-state index >= 15 is 0 Å². The van der Waals surface area contributed by atoms with Crippen LogP contribution >= 0.6 is 11.6 Å². The van der Waals surface area contributed by atoms with Gasteiger partial charge in [0.2, 0.25) is 10.0 Å². The minimum atomic E-state index is -4.79. The lowest BCUT2D eigenvalue weighted by molar-refractivity contribution is -0.139. The molecule has 0 radical (unpaired) electrons. The summed E-state index contributed by atoms with van der Waals surface area (Å²) in [5.41, 5.74) is -1.26. The molecule has 1 unspecified atom stereocenters. The summed E-state index contributed by atoms with van der Waals surface area (Å²) >= 11 is 5.56. The average molecular weight is 357 g/mol. The molecule has 1 aliphatic rings. The van der Waals surface area contributed by atoms with E-state index in [4.69, 9.17) is 11.6 Å². The van der Waals surface area contributed by atoms with Gasteiger partial charge < -0.3 is 5.32 Å². The molecule has 0 bridgehead atoms. The Labute approximate surface area is 132 Å². The molecular weight excluding hydrogens is 341 g/mol.